The molecule has 0 bridgehead atoms. The zero-order valence-corrected chi connectivity index (χ0v) is 17.4. The van der Waals surface area contributed by atoms with E-state index >= 15 is 0 Å². The number of benzene rings is 2. The van der Waals surface area contributed by atoms with E-state index < -0.39 is 9.84 Å². The maximum absolute atomic E-state index is 13.1. The average Bonchev–Trinajstić information content (AvgIpc) is 3.08. The molecule has 0 atom stereocenters. The number of rotatable bonds is 7. The Hall–Kier alpha value is -1.87. The van der Waals surface area contributed by atoms with E-state index in [9.17, 15) is 8.42 Å². The molecule has 0 aliphatic heterocycles. The minimum absolute atomic E-state index is 0.0694. The van der Waals surface area contributed by atoms with E-state index in [1.807, 2.05) is 12.1 Å². The summed E-state index contributed by atoms with van der Waals surface area (Å²) in [6.07, 6.45) is 0. The maximum Gasteiger partial charge on any atom is 0.233 e. The number of ether oxygens (including phenoxy) is 1. The summed E-state index contributed by atoms with van der Waals surface area (Å²) in [5.74, 6) is 0.273. The third-order valence-corrected chi connectivity index (χ3v) is 6.12. The van der Waals surface area contributed by atoms with Gasteiger partial charge in [0.15, 0.2) is 0 Å². The van der Waals surface area contributed by atoms with Crippen LogP contribution in [0.25, 0.3) is 11.5 Å². The van der Waals surface area contributed by atoms with Gasteiger partial charge in [0.05, 0.1) is 11.5 Å². The summed E-state index contributed by atoms with van der Waals surface area (Å²) < 4.78 is 37.7. The second-order valence-corrected chi connectivity index (χ2v) is 8.75. The third kappa shape index (κ3) is 4.52. The molecule has 1 N–H and O–H groups in total. The van der Waals surface area contributed by atoms with Gasteiger partial charge in [0, 0.05) is 28.7 Å². The zero-order chi connectivity index (χ0) is 19.4. The minimum Gasteiger partial charge on any atom is -0.419 e. The molecule has 0 spiro atoms. The Kier molecular flexibility index (Phi) is 6.21. The molecule has 1 aromatic heterocycles. The molecule has 0 aliphatic carbocycles. The van der Waals surface area contributed by atoms with Crippen LogP contribution >= 0.6 is 27.5 Å². The van der Waals surface area contributed by atoms with Crippen molar-refractivity contribution in [2.45, 2.75) is 9.92 Å². The molecule has 0 saturated carbocycles. The molecule has 27 heavy (non-hydrogen) atoms. The molecule has 0 amide bonds. The Morgan fingerprint density at radius 1 is 1.15 bits per heavy atom. The molecular weight excluding hydrogens is 456 g/mol. The van der Waals surface area contributed by atoms with Crippen molar-refractivity contribution in [2.75, 3.05) is 25.6 Å². The lowest BCUT2D eigenvalue weighted by molar-refractivity contribution is 0.210. The zero-order valence-electron chi connectivity index (χ0n) is 14.3. The molecule has 0 fully saturated rings. The molecule has 1 heterocycles. The maximum atomic E-state index is 13.1. The largest absolute Gasteiger partial charge is 0.419 e. The van der Waals surface area contributed by atoms with E-state index in [1.165, 1.54) is 24.3 Å². The molecular formula is C18H16BrClN2O4S. The molecule has 9 heteroatoms. The number of oxazole rings is 1. The molecule has 6 nitrogen and oxygen atoms in total. The van der Waals surface area contributed by atoms with Gasteiger partial charge in [-0.05, 0) is 48.5 Å². The number of anilines is 1. The van der Waals surface area contributed by atoms with Gasteiger partial charge in [-0.2, -0.15) is 4.98 Å². The Morgan fingerprint density at radius 3 is 2.44 bits per heavy atom. The van der Waals surface area contributed by atoms with Gasteiger partial charge in [-0.1, -0.05) is 27.5 Å². The van der Waals surface area contributed by atoms with Crippen molar-refractivity contribution in [3.63, 3.8) is 0 Å². The highest BCUT2D eigenvalue weighted by Crippen LogP contribution is 2.33. The number of aromatic nitrogens is 1. The summed E-state index contributed by atoms with van der Waals surface area (Å²) in [7, 11) is -2.34. The summed E-state index contributed by atoms with van der Waals surface area (Å²) in [5.41, 5.74) is 0.658. The molecule has 3 aromatic rings. The van der Waals surface area contributed by atoms with Crippen LogP contribution < -0.4 is 5.32 Å². The first-order valence-corrected chi connectivity index (χ1v) is 10.6. The normalized spacial score (nSPS) is 11.5. The van der Waals surface area contributed by atoms with Crippen LogP contribution in [-0.4, -0.2) is 33.7 Å². The first-order chi connectivity index (χ1) is 12.9. The fraction of sp³-hybridized carbons (Fsp3) is 0.167. The van der Waals surface area contributed by atoms with Gasteiger partial charge in [-0.15, -0.1) is 0 Å². The highest BCUT2D eigenvalue weighted by Gasteiger charge is 2.28. The predicted molar refractivity (Wildman–Crippen MR) is 107 cm³/mol. The smallest absolute Gasteiger partial charge is 0.233 e. The van der Waals surface area contributed by atoms with Crippen LogP contribution in [0.4, 0.5) is 5.88 Å². The van der Waals surface area contributed by atoms with Gasteiger partial charge in [-0.3, -0.25) is 0 Å². The Bertz CT molecular complexity index is 1020. The monoisotopic (exact) mass is 470 g/mol. The first-order valence-electron chi connectivity index (χ1n) is 7.92. The van der Waals surface area contributed by atoms with Crippen LogP contribution in [-0.2, 0) is 14.6 Å². The fourth-order valence-electron chi connectivity index (χ4n) is 2.31. The summed E-state index contributed by atoms with van der Waals surface area (Å²) in [6.45, 7) is 0.753. The van der Waals surface area contributed by atoms with Gasteiger partial charge in [-0.25, -0.2) is 8.42 Å². The van der Waals surface area contributed by atoms with Gasteiger partial charge < -0.3 is 14.5 Å². The second kappa shape index (κ2) is 8.43. The van der Waals surface area contributed by atoms with E-state index in [2.05, 4.69) is 26.2 Å². The van der Waals surface area contributed by atoms with Crippen molar-refractivity contribution in [1.29, 1.82) is 0 Å². The number of halogens is 2. The summed E-state index contributed by atoms with van der Waals surface area (Å²) in [6, 6.07) is 13.1. The predicted octanol–water partition coefficient (Wildman–Crippen LogP) is 4.65. The van der Waals surface area contributed by atoms with Gasteiger partial charge in [0.25, 0.3) is 0 Å². The molecule has 2 aromatic carbocycles. The number of nitrogens with zero attached hydrogens (tertiary/aromatic N) is 1. The van der Waals surface area contributed by atoms with Crippen LogP contribution in [0.5, 0.6) is 0 Å². The van der Waals surface area contributed by atoms with E-state index in [-0.39, 0.29) is 21.7 Å². The van der Waals surface area contributed by atoms with Crippen LogP contribution in [0.15, 0.2) is 67.3 Å². The second-order valence-electron chi connectivity index (χ2n) is 5.54. The Balaban J connectivity index is 2.06. The molecule has 0 radical (unpaired) electrons. The average molecular weight is 472 g/mol. The number of methoxy groups -OCH3 is 1. The summed E-state index contributed by atoms with van der Waals surface area (Å²) in [5, 5.41) is 3.20. The summed E-state index contributed by atoms with van der Waals surface area (Å²) in [4.78, 5) is 4.33. The van der Waals surface area contributed by atoms with E-state index in [1.54, 1.807) is 19.2 Å². The third-order valence-electron chi connectivity index (χ3n) is 3.66. The molecule has 0 aliphatic rings. The molecule has 142 valence electrons. The van der Waals surface area contributed by atoms with E-state index in [0.717, 1.165) is 4.47 Å². The van der Waals surface area contributed by atoms with Gasteiger partial charge >= 0.3 is 0 Å². The standard InChI is InChI=1S/C18H16BrClN2O4S/c1-25-11-10-21-17-18(27(23,24)15-8-6-14(20)7-9-15)22-16(26-17)12-2-4-13(19)5-3-12/h2-9,21H,10-11H2,1H3. The topological polar surface area (TPSA) is 81.4 Å². The van der Waals surface area contributed by atoms with Crippen LogP contribution in [0.1, 0.15) is 0 Å². The SMILES string of the molecule is COCCNc1oc(-c2ccc(Br)cc2)nc1S(=O)(=O)c1ccc(Cl)cc1. The number of hydrogen-bond acceptors (Lipinski definition) is 6. The highest BCUT2D eigenvalue weighted by atomic mass is 79.9. The number of sulfone groups is 1. The summed E-state index contributed by atoms with van der Waals surface area (Å²) >= 11 is 9.23. The van der Waals surface area contributed by atoms with Crippen molar-refractivity contribution in [3.05, 3.63) is 58.0 Å². The lowest BCUT2D eigenvalue weighted by Crippen LogP contribution is -2.11. The van der Waals surface area contributed by atoms with E-state index in [4.69, 9.17) is 20.8 Å². The van der Waals surface area contributed by atoms with Crippen molar-refractivity contribution in [1.82, 2.24) is 4.98 Å². The van der Waals surface area contributed by atoms with Crippen molar-refractivity contribution < 1.29 is 17.6 Å². The van der Waals surface area contributed by atoms with Crippen molar-refractivity contribution in [3.8, 4) is 11.5 Å². The Labute approximate surface area is 170 Å². The lowest BCUT2D eigenvalue weighted by atomic mass is 10.2. The van der Waals surface area contributed by atoms with Gasteiger partial charge in [0.1, 0.15) is 0 Å². The quantitative estimate of drug-likeness (QED) is 0.505. The highest BCUT2D eigenvalue weighted by molar-refractivity contribution is 9.10. The fourth-order valence-corrected chi connectivity index (χ4v) is 3.98. The van der Waals surface area contributed by atoms with Crippen LogP contribution in [0.2, 0.25) is 5.02 Å². The minimum atomic E-state index is -3.89. The van der Waals surface area contributed by atoms with Gasteiger partial charge in [0.2, 0.25) is 26.6 Å². The van der Waals surface area contributed by atoms with Crippen LogP contribution in [0, 0.1) is 0 Å². The molecule has 0 saturated heterocycles. The van der Waals surface area contributed by atoms with Crippen molar-refractivity contribution >= 4 is 43.3 Å². The molecule has 0 unspecified atom stereocenters. The first kappa shape index (κ1) is 19.9. The van der Waals surface area contributed by atoms with E-state index in [0.29, 0.717) is 23.7 Å². The van der Waals surface area contributed by atoms with Crippen LogP contribution in [0.3, 0.4) is 0 Å². The molecule has 3 rings (SSSR count). The lowest BCUT2D eigenvalue weighted by Gasteiger charge is -2.05. The number of hydrogen-bond donors (Lipinski definition) is 1. The van der Waals surface area contributed by atoms with Crippen molar-refractivity contribution in [2.24, 2.45) is 0 Å². The number of nitrogens with one attached hydrogen (secondary N) is 1. The Morgan fingerprint density at radius 2 is 1.81 bits per heavy atom.